The molecule has 2 aromatic rings. The van der Waals surface area contributed by atoms with Gasteiger partial charge >= 0.3 is 5.97 Å². The molecular formula is C20H16ClFN2O5. The highest BCUT2D eigenvalue weighted by Gasteiger charge is 2.36. The van der Waals surface area contributed by atoms with Crippen molar-refractivity contribution in [2.45, 2.75) is 6.42 Å². The second kappa shape index (κ2) is 8.83. The number of halogens is 2. The van der Waals surface area contributed by atoms with Crippen LogP contribution in [0.3, 0.4) is 0 Å². The number of Topliss-reactive ketones (excluding diaryl/α,β-unsaturated/α-hetero) is 1. The third-order valence-corrected chi connectivity index (χ3v) is 4.56. The molecule has 3 rings (SSSR count). The molecule has 0 radical (unpaired) electrons. The highest BCUT2D eigenvalue weighted by molar-refractivity contribution is 6.30. The van der Waals surface area contributed by atoms with Gasteiger partial charge in [-0.15, -0.1) is 0 Å². The molecule has 1 aliphatic rings. The summed E-state index contributed by atoms with van der Waals surface area (Å²) >= 11 is 5.77. The molecule has 0 saturated carbocycles. The number of amides is 2. The van der Waals surface area contributed by atoms with Crippen LogP contribution in [0.4, 0.5) is 4.39 Å². The highest BCUT2D eigenvalue weighted by Crippen LogP contribution is 2.18. The van der Waals surface area contributed by atoms with Crippen molar-refractivity contribution in [3.05, 3.63) is 70.5 Å². The lowest BCUT2D eigenvalue weighted by atomic mass is 10.1. The van der Waals surface area contributed by atoms with Crippen LogP contribution in [0.5, 0.6) is 0 Å². The Balaban J connectivity index is 1.51. The number of carbonyl (C=O) groups is 4. The first-order valence-corrected chi connectivity index (χ1v) is 9.03. The summed E-state index contributed by atoms with van der Waals surface area (Å²) in [5.74, 6) is -3.47. The van der Waals surface area contributed by atoms with Crippen molar-refractivity contribution in [3.63, 3.8) is 0 Å². The molecule has 0 unspecified atom stereocenters. The molecule has 7 nitrogen and oxygen atoms in total. The summed E-state index contributed by atoms with van der Waals surface area (Å²) in [6.45, 7) is -0.589. The fraction of sp³-hybridized carbons (Fsp3) is 0.200. The Bertz CT molecular complexity index is 946. The van der Waals surface area contributed by atoms with Crippen LogP contribution in [-0.2, 0) is 14.3 Å². The molecule has 1 atom stereocenters. The number of ether oxygens (including phenoxy) is 1. The second-order valence-electron chi connectivity index (χ2n) is 6.39. The summed E-state index contributed by atoms with van der Waals surface area (Å²) in [6, 6.07) is 10.9. The molecule has 0 aromatic heterocycles. The SMILES string of the molecule is O=C(COC(=O)[C@H]1CC(=O)N(NC(=O)c2ccc(Cl)cc2)C1)c1ccc(F)cc1. The quantitative estimate of drug-likeness (QED) is 0.574. The summed E-state index contributed by atoms with van der Waals surface area (Å²) in [5.41, 5.74) is 2.95. The van der Waals surface area contributed by atoms with E-state index in [0.717, 1.165) is 17.1 Å². The van der Waals surface area contributed by atoms with E-state index < -0.39 is 41.9 Å². The molecule has 1 saturated heterocycles. The minimum Gasteiger partial charge on any atom is -0.457 e. The van der Waals surface area contributed by atoms with Gasteiger partial charge in [0.2, 0.25) is 5.91 Å². The first-order valence-electron chi connectivity index (χ1n) is 8.66. The molecule has 1 heterocycles. The van der Waals surface area contributed by atoms with Gasteiger partial charge in [-0.2, -0.15) is 0 Å². The Morgan fingerprint density at radius 2 is 1.69 bits per heavy atom. The monoisotopic (exact) mass is 418 g/mol. The molecular weight excluding hydrogens is 403 g/mol. The van der Waals surface area contributed by atoms with Crippen LogP contribution in [0, 0.1) is 11.7 Å². The molecule has 2 amide bonds. The first kappa shape index (κ1) is 20.5. The number of nitrogens with zero attached hydrogens (tertiary/aromatic N) is 1. The minimum atomic E-state index is -0.811. The van der Waals surface area contributed by atoms with Crippen LogP contribution in [0.2, 0.25) is 5.02 Å². The normalized spacial score (nSPS) is 15.9. The Kier molecular flexibility index (Phi) is 6.23. The number of hydrazine groups is 1. The van der Waals surface area contributed by atoms with Gasteiger partial charge in [0.1, 0.15) is 5.82 Å². The zero-order chi connectivity index (χ0) is 21.0. The lowest BCUT2D eigenvalue weighted by Gasteiger charge is -2.17. The Morgan fingerprint density at radius 1 is 1.07 bits per heavy atom. The van der Waals surface area contributed by atoms with E-state index >= 15 is 0 Å². The van der Waals surface area contributed by atoms with Crippen molar-refractivity contribution in [3.8, 4) is 0 Å². The van der Waals surface area contributed by atoms with Gasteiger partial charge in [0, 0.05) is 22.6 Å². The van der Waals surface area contributed by atoms with E-state index in [2.05, 4.69) is 5.43 Å². The maximum Gasteiger partial charge on any atom is 0.311 e. The smallest absolute Gasteiger partial charge is 0.311 e. The zero-order valence-electron chi connectivity index (χ0n) is 15.1. The minimum absolute atomic E-state index is 0.0677. The number of ketones is 1. The van der Waals surface area contributed by atoms with Crippen molar-refractivity contribution in [2.24, 2.45) is 5.92 Å². The van der Waals surface area contributed by atoms with Gasteiger partial charge in [-0.25, -0.2) is 4.39 Å². The number of benzene rings is 2. The van der Waals surface area contributed by atoms with Crippen molar-refractivity contribution >= 4 is 35.2 Å². The van der Waals surface area contributed by atoms with Crippen LogP contribution < -0.4 is 5.43 Å². The summed E-state index contributed by atoms with van der Waals surface area (Å²) in [6.07, 6.45) is -0.148. The Morgan fingerprint density at radius 3 is 2.34 bits per heavy atom. The first-order chi connectivity index (χ1) is 13.8. The standard InChI is InChI=1S/C20H16ClFN2O5/c21-15-5-1-13(2-6-15)19(27)23-24-10-14(9-18(24)26)20(28)29-11-17(25)12-3-7-16(22)8-4-12/h1-8,14H,9-11H2,(H,23,27)/t14-/m0/s1. The number of hydrogen-bond acceptors (Lipinski definition) is 5. The summed E-state index contributed by atoms with van der Waals surface area (Å²) in [4.78, 5) is 48.4. The number of carbonyl (C=O) groups excluding carboxylic acids is 4. The highest BCUT2D eigenvalue weighted by atomic mass is 35.5. The van der Waals surface area contributed by atoms with E-state index in [1.165, 1.54) is 24.3 Å². The predicted octanol–water partition coefficient (Wildman–Crippen LogP) is 2.40. The number of hydrogen-bond donors (Lipinski definition) is 1. The van der Waals surface area contributed by atoms with Crippen molar-refractivity contribution in [1.82, 2.24) is 10.4 Å². The Hall–Kier alpha value is -3.26. The van der Waals surface area contributed by atoms with E-state index in [1.54, 1.807) is 12.1 Å². The van der Waals surface area contributed by atoms with E-state index in [0.29, 0.717) is 10.6 Å². The zero-order valence-corrected chi connectivity index (χ0v) is 15.8. The molecule has 1 N–H and O–H groups in total. The number of rotatable bonds is 6. The van der Waals surface area contributed by atoms with Crippen molar-refractivity contribution in [2.75, 3.05) is 13.2 Å². The lowest BCUT2D eigenvalue weighted by Crippen LogP contribution is -2.43. The topological polar surface area (TPSA) is 92.8 Å². The van der Waals surface area contributed by atoms with Gasteiger partial charge < -0.3 is 4.74 Å². The lowest BCUT2D eigenvalue weighted by molar-refractivity contribution is -0.147. The predicted molar refractivity (Wildman–Crippen MR) is 100 cm³/mol. The molecule has 0 aliphatic carbocycles. The number of esters is 1. The van der Waals surface area contributed by atoms with E-state index in [-0.39, 0.29) is 18.5 Å². The fourth-order valence-corrected chi connectivity index (χ4v) is 2.86. The van der Waals surface area contributed by atoms with Gasteiger partial charge in [-0.1, -0.05) is 11.6 Å². The molecule has 150 valence electrons. The summed E-state index contributed by atoms with van der Waals surface area (Å²) in [5, 5.41) is 1.52. The van der Waals surface area contributed by atoms with Crippen LogP contribution >= 0.6 is 11.6 Å². The molecule has 0 spiro atoms. The largest absolute Gasteiger partial charge is 0.457 e. The second-order valence-corrected chi connectivity index (χ2v) is 6.83. The third kappa shape index (κ3) is 5.17. The molecule has 2 aromatic carbocycles. The maximum absolute atomic E-state index is 12.9. The van der Waals surface area contributed by atoms with Crippen molar-refractivity contribution < 1.29 is 28.3 Å². The summed E-state index contributed by atoms with van der Waals surface area (Å²) in [7, 11) is 0. The van der Waals surface area contributed by atoms with Gasteiger partial charge in [0.25, 0.3) is 5.91 Å². The average Bonchev–Trinajstić information content (AvgIpc) is 3.07. The van der Waals surface area contributed by atoms with Crippen LogP contribution in [0.15, 0.2) is 48.5 Å². The van der Waals surface area contributed by atoms with Crippen LogP contribution in [0.25, 0.3) is 0 Å². The van der Waals surface area contributed by atoms with Gasteiger partial charge in [0.05, 0.1) is 12.5 Å². The third-order valence-electron chi connectivity index (χ3n) is 4.31. The van der Waals surface area contributed by atoms with E-state index in [1.807, 2.05) is 0 Å². The maximum atomic E-state index is 12.9. The summed E-state index contributed by atoms with van der Waals surface area (Å²) < 4.78 is 17.9. The number of nitrogens with one attached hydrogen (secondary N) is 1. The van der Waals surface area contributed by atoms with E-state index in [4.69, 9.17) is 16.3 Å². The fourth-order valence-electron chi connectivity index (χ4n) is 2.74. The molecule has 29 heavy (non-hydrogen) atoms. The molecule has 0 bridgehead atoms. The van der Waals surface area contributed by atoms with Gasteiger partial charge in [0.15, 0.2) is 12.4 Å². The van der Waals surface area contributed by atoms with Crippen LogP contribution in [-0.4, -0.2) is 41.7 Å². The molecule has 1 aliphatic heterocycles. The molecule has 1 fully saturated rings. The Labute approximate surface area is 170 Å². The molecule has 9 heteroatoms. The van der Waals surface area contributed by atoms with Gasteiger partial charge in [-0.05, 0) is 48.5 Å². The van der Waals surface area contributed by atoms with Crippen molar-refractivity contribution in [1.29, 1.82) is 0 Å². The average molecular weight is 419 g/mol. The van der Waals surface area contributed by atoms with Gasteiger partial charge in [-0.3, -0.25) is 29.6 Å². The van der Waals surface area contributed by atoms with Crippen LogP contribution in [0.1, 0.15) is 27.1 Å². The van der Waals surface area contributed by atoms with E-state index in [9.17, 15) is 23.6 Å².